The summed E-state index contributed by atoms with van der Waals surface area (Å²) in [6.07, 6.45) is 5.48. The molecule has 9 rings (SSSR count). The van der Waals surface area contributed by atoms with Crippen LogP contribution in [0.1, 0.15) is 0 Å². The molecule has 5 aromatic carbocycles. The number of benzene rings is 5. The number of aromatic nitrogens is 5. The van der Waals surface area contributed by atoms with Crippen LogP contribution in [0.15, 0.2) is 169 Å². The molecule has 6 heteroatoms. The normalized spacial score (nSPS) is 11.3. The first kappa shape index (κ1) is 28.4. The van der Waals surface area contributed by atoms with Gasteiger partial charge in [0.25, 0.3) is 0 Å². The van der Waals surface area contributed by atoms with Gasteiger partial charge in [0.2, 0.25) is 0 Å². The van der Waals surface area contributed by atoms with E-state index >= 15 is 0 Å². The Morgan fingerprint density at radius 1 is 0.367 bits per heavy atom. The summed E-state index contributed by atoms with van der Waals surface area (Å²) in [6.45, 7) is 0. The monoisotopic (exact) mass is 629 g/mol. The summed E-state index contributed by atoms with van der Waals surface area (Å²) in [4.78, 5) is 23.8. The maximum atomic E-state index is 6.27. The fraction of sp³-hybridized carbons (Fsp3) is 0. The summed E-state index contributed by atoms with van der Waals surface area (Å²) in [6, 6.07) is 49.2. The van der Waals surface area contributed by atoms with Gasteiger partial charge in [0.15, 0.2) is 17.5 Å². The van der Waals surface area contributed by atoms with E-state index in [1.807, 2.05) is 91.1 Å². The Bertz CT molecular complexity index is 2570. The molecular weight excluding hydrogens is 603 g/mol. The number of nitrogens with zero attached hydrogens (tertiary/aromatic N) is 5. The van der Waals surface area contributed by atoms with Crippen molar-refractivity contribution in [2.45, 2.75) is 0 Å². The van der Waals surface area contributed by atoms with E-state index in [0.29, 0.717) is 17.5 Å². The third-order valence-electron chi connectivity index (χ3n) is 8.72. The fourth-order valence-corrected chi connectivity index (χ4v) is 6.15. The molecule has 49 heavy (non-hydrogen) atoms. The van der Waals surface area contributed by atoms with Crippen LogP contribution >= 0.6 is 0 Å². The Morgan fingerprint density at radius 3 is 1.47 bits per heavy atom. The van der Waals surface area contributed by atoms with Gasteiger partial charge in [0.05, 0.1) is 5.69 Å². The zero-order valence-electron chi connectivity index (χ0n) is 26.2. The highest BCUT2D eigenvalue weighted by Crippen LogP contribution is 2.35. The van der Waals surface area contributed by atoms with Crippen molar-refractivity contribution in [1.82, 2.24) is 24.9 Å². The molecule has 0 N–H and O–H groups in total. The van der Waals surface area contributed by atoms with E-state index in [2.05, 4.69) is 65.6 Å². The second-order valence-corrected chi connectivity index (χ2v) is 11.8. The van der Waals surface area contributed by atoms with E-state index in [-0.39, 0.29) is 0 Å². The molecule has 6 nitrogen and oxygen atoms in total. The van der Waals surface area contributed by atoms with Gasteiger partial charge in [-0.25, -0.2) is 15.0 Å². The summed E-state index contributed by atoms with van der Waals surface area (Å²) < 4.78 is 6.27. The molecule has 0 aliphatic carbocycles. The summed E-state index contributed by atoms with van der Waals surface area (Å²) in [7, 11) is 0. The molecule has 4 aromatic heterocycles. The molecule has 0 spiro atoms. The number of hydrogen-bond donors (Lipinski definition) is 0. The molecule has 0 saturated carbocycles. The summed E-state index contributed by atoms with van der Waals surface area (Å²) in [5, 5.41) is 1.99. The van der Waals surface area contributed by atoms with Crippen molar-refractivity contribution in [3.63, 3.8) is 0 Å². The molecule has 0 bridgehead atoms. The number of rotatable bonds is 6. The van der Waals surface area contributed by atoms with Crippen LogP contribution in [0.2, 0.25) is 0 Å². The SMILES string of the molecule is c1ccc(-c2ccc(-c3nc(-c4ccccc4)nc(-c4ccc5oc6ccc(-c7ccc(-c8ccncc8)cn7)cc6c5c4)n3)cc2)cc1. The Balaban J connectivity index is 1.12. The highest BCUT2D eigenvalue weighted by Gasteiger charge is 2.16. The third kappa shape index (κ3) is 5.51. The van der Waals surface area contributed by atoms with Crippen LogP contribution in [-0.4, -0.2) is 24.9 Å². The lowest BCUT2D eigenvalue weighted by Crippen LogP contribution is -2.00. The fourth-order valence-electron chi connectivity index (χ4n) is 6.15. The van der Waals surface area contributed by atoms with Gasteiger partial charge in [0.1, 0.15) is 11.2 Å². The van der Waals surface area contributed by atoms with Gasteiger partial charge in [-0.1, -0.05) is 91.0 Å². The van der Waals surface area contributed by atoms with Crippen molar-refractivity contribution >= 4 is 21.9 Å². The average Bonchev–Trinajstić information content (AvgIpc) is 3.56. The molecule has 0 unspecified atom stereocenters. The summed E-state index contributed by atoms with van der Waals surface area (Å²) >= 11 is 0. The van der Waals surface area contributed by atoms with Crippen molar-refractivity contribution in [2.75, 3.05) is 0 Å². The van der Waals surface area contributed by atoms with Crippen molar-refractivity contribution in [1.29, 1.82) is 0 Å². The van der Waals surface area contributed by atoms with E-state index in [4.69, 9.17) is 24.4 Å². The van der Waals surface area contributed by atoms with E-state index < -0.39 is 0 Å². The number of furan rings is 1. The Labute approximate surface area is 282 Å². The third-order valence-corrected chi connectivity index (χ3v) is 8.72. The predicted octanol–water partition coefficient (Wildman–Crippen LogP) is 10.6. The first-order valence-electron chi connectivity index (χ1n) is 16.1. The average molecular weight is 630 g/mol. The predicted molar refractivity (Wildman–Crippen MR) is 195 cm³/mol. The molecule has 0 atom stereocenters. The number of fused-ring (bicyclic) bond motifs is 3. The Kier molecular flexibility index (Phi) is 7.02. The minimum atomic E-state index is 0.594. The van der Waals surface area contributed by atoms with Gasteiger partial charge < -0.3 is 4.42 Å². The van der Waals surface area contributed by atoms with Gasteiger partial charge in [-0.2, -0.15) is 0 Å². The Morgan fingerprint density at radius 2 is 0.837 bits per heavy atom. The standard InChI is InChI=1S/C43H27N5O/c1-3-7-28(8-4-1)29-11-13-32(14-12-29)42-46-41(31-9-5-2-6-10-31)47-43(48-42)34-17-20-40-37(26-34)36-25-33(16-19-39(36)49-40)38-18-15-35(27-45-38)30-21-23-44-24-22-30/h1-27H. The van der Waals surface area contributed by atoms with E-state index in [1.54, 1.807) is 12.4 Å². The van der Waals surface area contributed by atoms with Gasteiger partial charge in [-0.3, -0.25) is 9.97 Å². The van der Waals surface area contributed by atoms with Gasteiger partial charge in [0, 0.05) is 57.2 Å². The molecule has 0 aliphatic rings. The smallest absolute Gasteiger partial charge is 0.164 e. The minimum absolute atomic E-state index is 0.594. The van der Waals surface area contributed by atoms with Crippen LogP contribution in [0.25, 0.3) is 89.6 Å². The van der Waals surface area contributed by atoms with Crippen LogP contribution in [0.3, 0.4) is 0 Å². The summed E-state index contributed by atoms with van der Waals surface area (Å²) in [5.41, 5.74) is 10.7. The quantitative estimate of drug-likeness (QED) is 0.182. The maximum absolute atomic E-state index is 6.27. The van der Waals surface area contributed by atoms with Crippen LogP contribution in [0, 0.1) is 0 Å². The Hall–Kier alpha value is -6.79. The molecule has 230 valence electrons. The zero-order chi connectivity index (χ0) is 32.6. The molecule has 0 aliphatic heterocycles. The molecular formula is C43H27N5O. The lowest BCUT2D eigenvalue weighted by molar-refractivity contribution is 0.669. The van der Waals surface area contributed by atoms with Crippen LogP contribution < -0.4 is 0 Å². The van der Waals surface area contributed by atoms with E-state index in [0.717, 1.165) is 72.1 Å². The van der Waals surface area contributed by atoms with Crippen molar-refractivity contribution in [3.05, 3.63) is 164 Å². The van der Waals surface area contributed by atoms with Crippen LogP contribution in [0.4, 0.5) is 0 Å². The molecule has 4 heterocycles. The minimum Gasteiger partial charge on any atom is -0.456 e. The molecule has 9 aromatic rings. The lowest BCUT2D eigenvalue weighted by atomic mass is 10.0. The number of pyridine rings is 2. The first-order valence-corrected chi connectivity index (χ1v) is 16.1. The molecule has 0 fully saturated rings. The van der Waals surface area contributed by atoms with Crippen molar-refractivity contribution in [2.24, 2.45) is 0 Å². The van der Waals surface area contributed by atoms with Crippen molar-refractivity contribution in [3.8, 4) is 67.7 Å². The topological polar surface area (TPSA) is 77.6 Å². The highest BCUT2D eigenvalue weighted by molar-refractivity contribution is 6.07. The molecule has 0 amide bonds. The van der Waals surface area contributed by atoms with Gasteiger partial charge in [-0.05, 0) is 71.3 Å². The van der Waals surface area contributed by atoms with Crippen LogP contribution in [-0.2, 0) is 0 Å². The van der Waals surface area contributed by atoms with E-state index in [9.17, 15) is 0 Å². The largest absolute Gasteiger partial charge is 0.456 e. The second kappa shape index (κ2) is 12.1. The van der Waals surface area contributed by atoms with Gasteiger partial charge in [-0.15, -0.1) is 0 Å². The van der Waals surface area contributed by atoms with Crippen molar-refractivity contribution < 1.29 is 4.42 Å². The van der Waals surface area contributed by atoms with Gasteiger partial charge >= 0.3 is 0 Å². The molecule has 0 saturated heterocycles. The zero-order valence-corrected chi connectivity index (χ0v) is 26.2. The summed E-state index contributed by atoms with van der Waals surface area (Å²) in [5.74, 6) is 1.83. The maximum Gasteiger partial charge on any atom is 0.164 e. The van der Waals surface area contributed by atoms with E-state index in [1.165, 1.54) is 0 Å². The highest BCUT2D eigenvalue weighted by atomic mass is 16.3. The lowest BCUT2D eigenvalue weighted by Gasteiger charge is -2.09. The molecule has 0 radical (unpaired) electrons. The second-order valence-electron chi connectivity index (χ2n) is 11.8. The first-order chi connectivity index (χ1) is 24.2. The number of hydrogen-bond acceptors (Lipinski definition) is 6. The van der Waals surface area contributed by atoms with Crippen LogP contribution in [0.5, 0.6) is 0 Å².